The van der Waals surface area contributed by atoms with Crippen LogP contribution in [0.25, 0.3) is 0 Å². The number of carboxylic acid groups (broad SMARTS) is 1. The second kappa shape index (κ2) is 18.2. The highest BCUT2D eigenvalue weighted by Gasteiger charge is 2.32. The van der Waals surface area contributed by atoms with Crippen molar-refractivity contribution in [2.24, 2.45) is 17.8 Å². The summed E-state index contributed by atoms with van der Waals surface area (Å²) in [7, 11) is 0. The van der Waals surface area contributed by atoms with Crippen LogP contribution in [0.3, 0.4) is 0 Å². The van der Waals surface area contributed by atoms with Gasteiger partial charge in [-0.25, -0.2) is 9.59 Å². The summed E-state index contributed by atoms with van der Waals surface area (Å²) < 4.78 is 5.32. The maximum Gasteiger partial charge on any atom is 0.408 e. The summed E-state index contributed by atoms with van der Waals surface area (Å²) in [5.74, 6) is -2.00. The van der Waals surface area contributed by atoms with E-state index in [0.717, 1.165) is 5.56 Å². The first kappa shape index (κ1) is 36.5. The molecule has 244 valence electrons. The van der Waals surface area contributed by atoms with Gasteiger partial charge in [0.15, 0.2) is 5.78 Å². The highest BCUT2D eigenvalue weighted by atomic mass is 16.5. The van der Waals surface area contributed by atoms with Gasteiger partial charge in [0.05, 0.1) is 12.6 Å². The van der Waals surface area contributed by atoms with E-state index in [2.05, 4.69) is 16.0 Å². The number of rotatable bonds is 17. The van der Waals surface area contributed by atoms with E-state index in [1.54, 1.807) is 11.0 Å². The summed E-state index contributed by atoms with van der Waals surface area (Å²) in [4.78, 5) is 66.2. The van der Waals surface area contributed by atoms with E-state index in [0.29, 0.717) is 32.2 Å². The minimum absolute atomic E-state index is 0.00890. The maximum atomic E-state index is 13.6. The van der Waals surface area contributed by atoms with Crippen molar-refractivity contribution in [3.63, 3.8) is 0 Å². The quantitative estimate of drug-likeness (QED) is 0.207. The summed E-state index contributed by atoms with van der Waals surface area (Å²) in [6.45, 7) is 12.4. The number of ketones is 1. The van der Waals surface area contributed by atoms with Gasteiger partial charge in [0.2, 0.25) is 11.8 Å². The molecule has 0 saturated heterocycles. The second-order valence-electron chi connectivity index (χ2n) is 12.8. The number of ether oxygens (including phenoxy) is 1. The number of nitrogens with zero attached hydrogens (tertiary/aromatic N) is 1. The van der Waals surface area contributed by atoms with Crippen LogP contribution in [0, 0.1) is 17.8 Å². The molecular formula is C33H50N4O7. The molecule has 1 heterocycles. The van der Waals surface area contributed by atoms with Gasteiger partial charge in [-0.2, -0.15) is 0 Å². The second-order valence-corrected chi connectivity index (χ2v) is 12.8. The van der Waals surface area contributed by atoms with Crippen LogP contribution in [0.4, 0.5) is 4.79 Å². The number of carbonyl (C=O) groups excluding carboxylic acids is 4. The monoisotopic (exact) mass is 614 g/mol. The fourth-order valence-electron chi connectivity index (χ4n) is 5.03. The molecule has 3 atom stereocenters. The largest absolute Gasteiger partial charge is 0.478 e. The van der Waals surface area contributed by atoms with E-state index in [1.165, 1.54) is 0 Å². The molecule has 1 aliphatic heterocycles. The lowest BCUT2D eigenvalue weighted by atomic mass is 9.97. The molecule has 0 unspecified atom stereocenters. The smallest absolute Gasteiger partial charge is 0.408 e. The van der Waals surface area contributed by atoms with Gasteiger partial charge in [-0.1, -0.05) is 78.0 Å². The minimum Gasteiger partial charge on any atom is -0.478 e. The van der Waals surface area contributed by atoms with Crippen molar-refractivity contribution in [2.45, 2.75) is 92.0 Å². The molecule has 0 saturated carbocycles. The number of amides is 3. The van der Waals surface area contributed by atoms with Crippen molar-refractivity contribution in [1.29, 1.82) is 0 Å². The van der Waals surface area contributed by atoms with Gasteiger partial charge in [0.25, 0.3) is 0 Å². The van der Waals surface area contributed by atoms with Crippen molar-refractivity contribution in [3.8, 4) is 0 Å². The molecule has 0 aliphatic carbocycles. The van der Waals surface area contributed by atoms with E-state index in [9.17, 15) is 29.1 Å². The highest BCUT2D eigenvalue weighted by Crippen LogP contribution is 2.14. The molecular weight excluding hydrogens is 564 g/mol. The molecule has 2 rings (SSSR count). The summed E-state index contributed by atoms with van der Waals surface area (Å²) in [6, 6.07) is 6.54. The number of carboxylic acids is 1. The summed E-state index contributed by atoms with van der Waals surface area (Å²) >= 11 is 0. The maximum absolute atomic E-state index is 13.6. The molecule has 0 radical (unpaired) electrons. The van der Waals surface area contributed by atoms with Crippen LogP contribution < -0.4 is 16.0 Å². The van der Waals surface area contributed by atoms with Crippen LogP contribution in [0.2, 0.25) is 0 Å². The van der Waals surface area contributed by atoms with Gasteiger partial charge >= 0.3 is 12.1 Å². The van der Waals surface area contributed by atoms with Crippen LogP contribution in [0.5, 0.6) is 0 Å². The van der Waals surface area contributed by atoms with E-state index in [-0.39, 0.29) is 48.8 Å². The number of benzene rings is 1. The minimum atomic E-state index is -1.00. The fraction of sp³-hybridized carbons (Fsp3) is 0.606. The Balaban J connectivity index is 2.11. The predicted octanol–water partition coefficient (Wildman–Crippen LogP) is 3.68. The average Bonchev–Trinajstić information content (AvgIpc) is 2.94. The lowest BCUT2D eigenvalue weighted by molar-refractivity contribution is -0.134. The van der Waals surface area contributed by atoms with E-state index in [1.807, 2.05) is 71.9 Å². The Kier molecular flexibility index (Phi) is 15.1. The molecule has 11 nitrogen and oxygen atoms in total. The first-order valence-electron chi connectivity index (χ1n) is 15.5. The molecule has 0 spiro atoms. The number of aliphatic carboxylic acids is 1. The molecule has 0 bridgehead atoms. The summed E-state index contributed by atoms with van der Waals surface area (Å²) in [6.07, 6.45) is 2.52. The van der Waals surface area contributed by atoms with Crippen molar-refractivity contribution in [2.75, 3.05) is 19.6 Å². The van der Waals surface area contributed by atoms with Gasteiger partial charge < -0.3 is 25.8 Å². The molecule has 4 N–H and O–H groups in total. The van der Waals surface area contributed by atoms with Crippen LogP contribution in [-0.2, 0) is 30.5 Å². The number of Topliss-reactive ketones (excluding diaryl/α,β-unsaturated/α-hetero) is 1. The molecule has 0 fully saturated rings. The molecule has 44 heavy (non-hydrogen) atoms. The SMILES string of the molecule is CC(C)C[C@H](NC(=O)[C@H](CC(C)C)NC(=O)[C@H](CC(C)C)NC(=O)OCc1ccccc1)C(=O)CN1CCC=C(C(=O)O)C1. The Morgan fingerprint density at radius 1 is 0.795 bits per heavy atom. The lowest BCUT2D eigenvalue weighted by Gasteiger charge is -2.29. The number of nitrogens with one attached hydrogen (secondary N) is 3. The Labute approximate surface area is 261 Å². The van der Waals surface area contributed by atoms with Crippen LogP contribution in [-0.4, -0.2) is 77.4 Å². The van der Waals surface area contributed by atoms with Crippen molar-refractivity contribution < 1.29 is 33.8 Å². The highest BCUT2D eigenvalue weighted by molar-refractivity contribution is 5.95. The van der Waals surface area contributed by atoms with Gasteiger partial charge in [0.1, 0.15) is 18.7 Å². The Bertz CT molecular complexity index is 1150. The van der Waals surface area contributed by atoms with Gasteiger partial charge in [-0.3, -0.25) is 19.3 Å². The predicted molar refractivity (Wildman–Crippen MR) is 168 cm³/mol. The third-order valence-electron chi connectivity index (χ3n) is 7.16. The zero-order valence-corrected chi connectivity index (χ0v) is 26.9. The van der Waals surface area contributed by atoms with Crippen LogP contribution in [0.15, 0.2) is 42.0 Å². The van der Waals surface area contributed by atoms with Gasteiger partial charge in [0, 0.05) is 18.7 Å². The molecule has 1 aromatic rings. The average molecular weight is 615 g/mol. The topological polar surface area (TPSA) is 154 Å². The molecule has 11 heteroatoms. The fourth-order valence-corrected chi connectivity index (χ4v) is 5.03. The van der Waals surface area contributed by atoms with Crippen molar-refractivity contribution >= 4 is 29.7 Å². The van der Waals surface area contributed by atoms with Crippen LogP contribution in [0.1, 0.15) is 72.8 Å². The van der Waals surface area contributed by atoms with Crippen LogP contribution >= 0.6 is 0 Å². The van der Waals surface area contributed by atoms with Crippen molar-refractivity contribution in [1.82, 2.24) is 20.9 Å². The normalized spacial score (nSPS) is 15.7. The van der Waals surface area contributed by atoms with E-state index >= 15 is 0 Å². The third kappa shape index (κ3) is 13.3. The summed E-state index contributed by atoms with van der Waals surface area (Å²) in [5, 5.41) is 17.7. The van der Waals surface area contributed by atoms with E-state index in [4.69, 9.17) is 4.74 Å². The molecule has 3 amide bonds. The lowest BCUT2D eigenvalue weighted by Crippen LogP contribution is -2.57. The standard InChI is InChI=1S/C33H50N4O7/c1-21(2)15-26(29(38)19-37-14-10-13-25(18-37)32(41)42)34-30(39)27(16-22(3)4)35-31(40)28(17-23(5)6)36-33(43)44-20-24-11-8-7-9-12-24/h7-9,11-13,21-23,26-28H,10,14-20H2,1-6H3,(H,34,39)(H,35,40)(H,36,43)(H,41,42)/t26-,27-,28-/m0/s1. The Morgan fingerprint density at radius 2 is 1.32 bits per heavy atom. The zero-order chi connectivity index (χ0) is 32.8. The molecule has 0 aromatic heterocycles. The Morgan fingerprint density at radius 3 is 1.86 bits per heavy atom. The Hall–Kier alpha value is -3.73. The summed E-state index contributed by atoms with van der Waals surface area (Å²) in [5.41, 5.74) is 1.06. The first-order chi connectivity index (χ1) is 20.7. The molecule has 1 aromatic carbocycles. The van der Waals surface area contributed by atoms with E-state index < -0.39 is 42.0 Å². The number of hydrogen-bond donors (Lipinski definition) is 4. The van der Waals surface area contributed by atoms with Gasteiger partial charge in [-0.15, -0.1) is 0 Å². The first-order valence-corrected chi connectivity index (χ1v) is 15.5. The van der Waals surface area contributed by atoms with Crippen molar-refractivity contribution in [3.05, 3.63) is 47.5 Å². The van der Waals surface area contributed by atoms with Gasteiger partial charge in [-0.05, 0) is 49.0 Å². The zero-order valence-electron chi connectivity index (χ0n) is 26.9. The number of alkyl carbamates (subject to hydrolysis) is 1. The number of carbonyl (C=O) groups is 5. The number of hydrogen-bond acceptors (Lipinski definition) is 7. The third-order valence-corrected chi connectivity index (χ3v) is 7.16. The molecule has 1 aliphatic rings.